The summed E-state index contributed by atoms with van der Waals surface area (Å²) in [5.74, 6) is 1.38. The smallest absolute Gasteiger partial charge is 0.145 e. The molecule has 3 nitrogen and oxygen atoms in total. The number of phenols is 1. The number of phenolic OH excluding ortho intramolecular Hbond substituents is 1. The molecule has 1 N–H and O–H groups in total. The molecular formula is C18H13NO2. The molecule has 0 aliphatic heterocycles. The highest BCUT2D eigenvalue weighted by Gasteiger charge is 2.06. The highest BCUT2D eigenvalue weighted by molar-refractivity contribution is 5.85. The maximum Gasteiger partial charge on any atom is 0.145 e. The first-order chi connectivity index (χ1) is 10.2. The van der Waals surface area contributed by atoms with Crippen LogP contribution in [0, 0.1) is 18.3 Å². The summed E-state index contributed by atoms with van der Waals surface area (Å²) >= 11 is 0. The molecule has 0 aliphatic carbocycles. The summed E-state index contributed by atoms with van der Waals surface area (Å²) in [5.41, 5.74) is 1.52. The van der Waals surface area contributed by atoms with Crippen molar-refractivity contribution in [2.24, 2.45) is 0 Å². The average molecular weight is 275 g/mol. The lowest BCUT2D eigenvalue weighted by atomic mass is 10.1. The van der Waals surface area contributed by atoms with E-state index in [1.54, 1.807) is 24.3 Å². The van der Waals surface area contributed by atoms with E-state index in [4.69, 9.17) is 10.00 Å². The fourth-order valence-corrected chi connectivity index (χ4v) is 2.22. The van der Waals surface area contributed by atoms with Crippen molar-refractivity contribution in [3.63, 3.8) is 0 Å². The molecule has 3 heteroatoms. The van der Waals surface area contributed by atoms with E-state index in [1.165, 1.54) is 0 Å². The lowest BCUT2D eigenvalue weighted by Gasteiger charge is -2.09. The van der Waals surface area contributed by atoms with Gasteiger partial charge in [0.2, 0.25) is 0 Å². The van der Waals surface area contributed by atoms with Gasteiger partial charge in [-0.3, -0.25) is 0 Å². The van der Waals surface area contributed by atoms with Gasteiger partial charge >= 0.3 is 0 Å². The van der Waals surface area contributed by atoms with Gasteiger partial charge in [0.1, 0.15) is 23.3 Å². The molecule has 0 unspecified atom stereocenters. The van der Waals surface area contributed by atoms with Crippen molar-refractivity contribution in [3.05, 3.63) is 65.7 Å². The molecule has 3 aromatic carbocycles. The molecule has 0 radical (unpaired) electrons. The third kappa shape index (κ3) is 2.65. The SMILES string of the molecule is Cc1ccc(Oc2ccc3ccc(O)cc3c2)c(C#N)c1. The average Bonchev–Trinajstić information content (AvgIpc) is 2.48. The first-order valence-electron chi connectivity index (χ1n) is 6.57. The van der Waals surface area contributed by atoms with Crippen LogP contribution in [0.2, 0.25) is 0 Å². The Morgan fingerprint density at radius 1 is 0.952 bits per heavy atom. The van der Waals surface area contributed by atoms with E-state index >= 15 is 0 Å². The van der Waals surface area contributed by atoms with Crippen LogP contribution in [0.3, 0.4) is 0 Å². The summed E-state index contributed by atoms with van der Waals surface area (Å²) in [6, 6.07) is 18.4. The number of rotatable bonds is 2. The summed E-state index contributed by atoms with van der Waals surface area (Å²) in [5, 5.41) is 20.6. The largest absolute Gasteiger partial charge is 0.508 e. The fourth-order valence-electron chi connectivity index (χ4n) is 2.22. The van der Waals surface area contributed by atoms with Crippen molar-refractivity contribution >= 4 is 10.8 Å². The Labute approximate surface area is 122 Å². The number of aryl methyl sites for hydroxylation is 1. The molecule has 0 heterocycles. The zero-order valence-electron chi connectivity index (χ0n) is 11.5. The third-order valence-corrected chi connectivity index (χ3v) is 3.28. The van der Waals surface area contributed by atoms with Crippen LogP contribution < -0.4 is 4.74 Å². The summed E-state index contributed by atoms with van der Waals surface area (Å²) in [7, 11) is 0. The molecule has 0 saturated heterocycles. The van der Waals surface area contributed by atoms with Crippen molar-refractivity contribution in [3.8, 4) is 23.3 Å². The maximum atomic E-state index is 9.54. The van der Waals surface area contributed by atoms with Gasteiger partial charge in [-0.05, 0) is 59.7 Å². The second-order valence-electron chi connectivity index (χ2n) is 4.91. The number of ether oxygens (including phenoxy) is 1. The van der Waals surface area contributed by atoms with Crippen LogP contribution in [0.4, 0.5) is 0 Å². The van der Waals surface area contributed by atoms with E-state index in [0.29, 0.717) is 17.1 Å². The first-order valence-corrected chi connectivity index (χ1v) is 6.57. The van der Waals surface area contributed by atoms with Crippen molar-refractivity contribution in [2.45, 2.75) is 6.92 Å². The number of hydrogen-bond donors (Lipinski definition) is 1. The Morgan fingerprint density at radius 3 is 2.57 bits per heavy atom. The number of fused-ring (bicyclic) bond motifs is 1. The second kappa shape index (κ2) is 5.18. The zero-order valence-corrected chi connectivity index (χ0v) is 11.5. The molecule has 0 saturated carbocycles. The van der Waals surface area contributed by atoms with Gasteiger partial charge in [-0.15, -0.1) is 0 Å². The topological polar surface area (TPSA) is 53.2 Å². The molecule has 0 bridgehead atoms. The normalized spacial score (nSPS) is 10.3. The number of nitriles is 1. The Morgan fingerprint density at radius 2 is 1.76 bits per heavy atom. The van der Waals surface area contributed by atoms with Crippen molar-refractivity contribution in [1.82, 2.24) is 0 Å². The number of aromatic hydroxyl groups is 1. The molecule has 0 atom stereocenters. The van der Waals surface area contributed by atoms with Crippen molar-refractivity contribution in [2.75, 3.05) is 0 Å². The van der Waals surface area contributed by atoms with E-state index in [0.717, 1.165) is 16.3 Å². The number of benzene rings is 3. The zero-order chi connectivity index (χ0) is 14.8. The quantitative estimate of drug-likeness (QED) is 0.748. The van der Waals surface area contributed by atoms with Crippen LogP contribution >= 0.6 is 0 Å². The molecule has 0 spiro atoms. The number of nitrogens with zero attached hydrogens (tertiary/aromatic N) is 1. The van der Waals surface area contributed by atoms with Crippen LogP contribution in [0.25, 0.3) is 10.8 Å². The van der Waals surface area contributed by atoms with Gasteiger partial charge in [0.25, 0.3) is 0 Å². The van der Waals surface area contributed by atoms with Crippen LogP contribution in [0.5, 0.6) is 17.2 Å². The van der Waals surface area contributed by atoms with E-state index in [2.05, 4.69) is 6.07 Å². The number of hydrogen-bond acceptors (Lipinski definition) is 3. The van der Waals surface area contributed by atoms with Crippen molar-refractivity contribution < 1.29 is 9.84 Å². The van der Waals surface area contributed by atoms with Gasteiger partial charge < -0.3 is 9.84 Å². The molecule has 0 aliphatic rings. The Balaban J connectivity index is 2.00. The first kappa shape index (κ1) is 13.0. The maximum absolute atomic E-state index is 9.54. The standard InChI is InChI=1S/C18H13NO2/c1-12-2-7-18(15(8-12)11-19)21-17-6-4-13-3-5-16(20)9-14(13)10-17/h2-10,20H,1H3. The van der Waals surface area contributed by atoms with E-state index in [9.17, 15) is 5.11 Å². The minimum Gasteiger partial charge on any atom is -0.508 e. The van der Waals surface area contributed by atoms with Gasteiger partial charge in [-0.25, -0.2) is 0 Å². The highest BCUT2D eigenvalue weighted by Crippen LogP contribution is 2.29. The van der Waals surface area contributed by atoms with E-state index in [1.807, 2.05) is 37.3 Å². The molecule has 3 rings (SSSR count). The monoisotopic (exact) mass is 275 g/mol. The summed E-state index contributed by atoms with van der Waals surface area (Å²) < 4.78 is 5.80. The third-order valence-electron chi connectivity index (χ3n) is 3.28. The van der Waals surface area contributed by atoms with Gasteiger partial charge in [-0.1, -0.05) is 18.2 Å². The lowest BCUT2D eigenvalue weighted by molar-refractivity contribution is 0.476. The van der Waals surface area contributed by atoms with Gasteiger partial charge in [0.15, 0.2) is 0 Å². The fraction of sp³-hybridized carbons (Fsp3) is 0.0556. The Hall–Kier alpha value is -2.99. The van der Waals surface area contributed by atoms with E-state index in [-0.39, 0.29) is 5.75 Å². The van der Waals surface area contributed by atoms with Crippen LogP contribution in [-0.2, 0) is 0 Å². The molecule has 3 aromatic rings. The molecular weight excluding hydrogens is 262 g/mol. The Kier molecular flexibility index (Phi) is 3.21. The minimum absolute atomic E-state index is 0.215. The van der Waals surface area contributed by atoms with Gasteiger partial charge in [-0.2, -0.15) is 5.26 Å². The van der Waals surface area contributed by atoms with Crippen LogP contribution in [0.15, 0.2) is 54.6 Å². The summed E-state index contributed by atoms with van der Waals surface area (Å²) in [6.07, 6.45) is 0. The van der Waals surface area contributed by atoms with Gasteiger partial charge in [0.05, 0.1) is 5.56 Å². The van der Waals surface area contributed by atoms with Gasteiger partial charge in [0, 0.05) is 0 Å². The van der Waals surface area contributed by atoms with Crippen LogP contribution in [-0.4, -0.2) is 5.11 Å². The summed E-state index contributed by atoms with van der Waals surface area (Å²) in [6.45, 7) is 1.93. The molecule has 0 amide bonds. The molecule has 0 fully saturated rings. The Bertz CT molecular complexity index is 863. The minimum atomic E-state index is 0.215. The van der Waals surface area contributed by atoms with E-state index < -0.39 is 0 Å². The molecule has 102 valence electrons. The predicted octanol–water partition coefficient (Wildman–Crippen LogP) is 4.52. The summed E-state index contributed by atoms with van der Waals surface area (Å²) in [4.78, 5) is 0. The lowest BCUT2D eigenvalue weighted by Crippen LogP contribution is -1.89. The van der Waals surface area contributed by atoms with Crippen molar-refractivity contribution in [1.29, 1.82) is 5.26 Å². The molecule has 21 heavy (non-hydrogen) atoms. The highest BCUT2D eigenvalue weighted by atomic mass is 16.5. The molecule has 0 aromatic heterocycles. The van der Waals surface area contributed by atoms with Crippen LogP contribution in [0.1, 0.15) is 11.1 Å². The second-order valence-corrected chi connectivity index (χ2v) is 4.91. The predicted molar refractivity (Wildman–Crippen MR) is 81.6 cm³/mol.